The first-order valence-electron chi connectivity index (χ1n) is 5.67. The van der Waals surface area contributed by atoms with Crippen molar-refractivity contribution in [2.24, 2.45) is 0 Å². The maximum absolute atomic E-state index is 11.6. The van der Waals surface area contributed by atoms with Gasteiger partial charge in [-0.15, -0.1) is 0 Å². The number of carbonyl (C=O) groups is 1. The number of esters is 1. The van der Waals surface area contributed by atoms with Crippen LogP contribution in [0.3, 0.4) is 0 Å². The van der Waals surface area contributed by atoms with Gasteiger partial charge in [-0.05, 0) is 34.5 Å². The number of nitrogens with zero attached hydrogens (tertiary/aromatic N) is 1. The lowest BCUT2D eigenvalue weighted by atomic mass is 10.2. The molecule has 1 aromatic rings. The van der Waals surface area contributed by atoms with Crippen LogP contribution < -0.4 is 0 Å². The summed E-state index contributed by atoms with van der Waals surface area (Å²) in [6.45, 7) is 2.40. The third kappa shape index (κ3) is 4.10. The molecule has 0 saturated carbocycles. The molecule has 0 radical (unpaired) electrons. The lowest BCUT2D eigenvalue weighted by molar-refractivity contribution is -0.385. The molecule has 0 atom stereocenters. The number of carbonyl (C=O) groups excluding carboxylic acids is 1. The highest BCUT2D eigenvalue weighted by Gasteiger charge is 2.16. The monoisotopic (exact) mass is 315 g/mol. The molecule has 0 aliphatic carbocycles. The predicted molar refractivity (Wildman–Crippen MR) is 70.6 cm³/mol. The number of nitro groups is 1. The predicted octanol–water partition coefficient (Wildman–Crippen LogP) is 3.70. The zero-order valence-electron chi connectivity index (χ0n) is 10.0. The normalized spacial score (nSPS) is 10.1. The summed E-state index contributed by atoms with van der Waals surface area (Å²) >= 11 is 3.06. The average Bonchev–Trinajstić information content (AvgIpc) is 2.34. The molecule has 0 saturated heterocycles. The maximum atomic E-state index is 11.6. The van der Waals surface area contributed by atoms with E-state index in [1.54, 1.807) is 0 Å². The van der Waals surface area contributed by atoms with Gasteiger partial charge in [-0.3, -0.25) is 10.1 Å². The van der Waals surface area contributed by atoms with E-state index in [2.05, 4.69) is 22.9 Å². The summed E-state index contributed by atoms with van der Waals surface area (Å²) in [6, 6.07) is 4.19. The van der Waals surface area contributed by atoms with Crippen molar-refractivity contribution in [1.82, 2.24) is 0 Å². The van der Waals surface area contributed by atoms with Crippen molar-refractivity contribution in [3.8, 4) is 0 Å². The lowest BCUT2D eigenvalue weighted by Crippen LogP contribution is -2.07. The number of rotatable bonds is 6. The van der Waals surface area contributed by atoms with E-state index >= 15 is 0 Å². The van der Waals surface area contributed by atoms with E-state index < -0.39 is 10.9 Å². The lowest BCUT2D eigenvalue weighted by Gasteiger charge is -2.04. The van der Waals surface area contributed by atoms with E-state index in [1.807, 2.05) is 0 Å². The van der Waals surface area contributed by atoms with Gasteiger partial charge in [0, 0.05) is 6.07 Å². The third-order valence-electron chi connectivity index (χ3n) is 2.36. The van der Waals surface area contributed by atoms with Gasteiger partial charge in [0.2, 0.25) is 0 Å². The Balaban J connectivity index is 2.68. The standard InChI is InChI=1S/C12H14BrNO4/c1-2-3-4-7-18-12(15)9-5-6-10(13)11(8-9)14(16)17/h5-6,8H,2-4,7H2,1H3. The van der Waals surface area contributed by atoms with E-state index in [0.717, 1.165) is 19.3 Å². The molecule has 0 N–H and O–H groups in total. The summed E-state index contributed by atoms with van der Waals surface area (Å²) in [6.07, 6.45) is 2.84. The van der Waals surface area contributed by atoms with Crippen molar-refractivity contribution >= 4 is 27.6 Å². The maximum Gasteiger partial charge on any atom is 0.338 e. The van der Waals surface area contributed by atoms with Gasteiger partial charge in [-0.2, -0.15) is 0 Å². The Hall–Kier alpha value is -1.43. The molecule has 1 rings (SSSR count). The third-order valence-corrected chi connectivity index (χ3v) is 3.03. The molecule has 0 heterocycles. The summed E-state index contributed by atoms with van der Waals surface area (Å²) in [5.41, 5.74) is 0.0550. The molecule has 1 aromatic carbocycles. The zero-order valence-corrected chi connectivity index (χ0v) is 11.6. The topological polar surface area (TPSA) is 69.4 Å². The molecule has 5 nitrogen and oxygen atoms in total. The van der Waals surface area contributed by atoms with Crippen molar-refractivity contribution in [1.29, 1.82) is 0 Å². The Morgan fingerprint density at radius 1 is 1.44 bits per heavy atom. The number of benzene rings is 1. The van der Waals surface area contributed by atoms with Crippen molar-refractivity contribution in [2.75, 3.05) is 6.61 Å². The Bertz CT molecular complexity index is 448. The van der Waals surface area contributed by atoms with Gasteiger partial charge < -0.3 is 4.74 Å². The Morgan fingerprint density at radius 2 is 2.17 bits per heavy atom. The molecular formula is C12H14BrNO4. The summed E-state index contributed by atoms with van der Waals surface area (Å²) in [4.78, 5) is 21.8. The van der Waals surface area contributed by atoms with Crippen molar-refractivity contribution in [3.05, 3.63) is 38.3 Å². The highest BCUT2D eigenvalue weighted by molar-refractivity contribution is 9.10. The second-order valence-corrected chi connectivity index (χ2v) is 4.62. The molecule has 0 aliphatic heterocycles. The van der Waals surface area contributed by atoms with Gasteiger partial charge in [0.05, 0.1) is 21.6 Å². The quantitative estimate of drug-likeness (QED) is 0.347. The van der Waals surface area contributed by atoms with E-state index in [1.165, 1.54) is 18.2 Å². The minimum absolute atomic E-state index is 0.141. The van der Waals surface area contributed by atoms with Crippen LogP contribution in [-0.2, 0) is 4.74 Å². The Kier molecular flexibility index (Phi) is 5.77. The fraction of sp³-hybridized carbons (Fsp3) is 0.417. The minimum Gasteiger partial charge on any atom is -0.462 e. The van der Waals surface area contributed by atoms with Crippen LogP contribution in [0.1, 0.15) is 36.5 Å². The molecule has 98 valence electrons. The largest absolute Gasteiger partial charge is 0.462 e. The Morgan fingerprint density at radius 3 is 2.78 bits per heavy atom. The van der Waals surface area contributed by atoms with Crippen LogP contribution >= 0.6 is 15.9 Å². The molecule has 0 fully saturated rings. The number of halogens is 1. The molecule has 18 heavy (non-hydrogen) atoms. The molecule has 0 aliphatic rings. The first kappa shape index (κ1) is 14.6. The highest BCUT2D eigenvalue weighted by atomic mass is 79.9. The molecule has 6 heteroatoms. The van der Waals surface area contributed by atoms with E-state index in [0.29, 0.717) is 11.1 Å². The molecular weight excluding hydrogens is 302 g/mol. The summed E-state index contributed by atoms with van der Waals surface area (Å²) in [5, 5.41) is 10.7. The van der Waals surface area contributed by atoms with Gasteiger partial charge >= 0.3 is 5.97 Å². The summed E-state index contributed by atoms with van der Waals surface area (Å²) < 4.78 is 5.37. The van der Waals surface area contributed by atoms with Crippen molar-refractivity contribution in [3.63, 3.8) is 0 Å². The fourth-order valence-electron chi connectivity index (χ4n) is 1.38. The Labute approximate surface area is 113 Å². The van der Waals surface area contributed by atoms with Gasteiger partial charge in [0.25, 0.3) is 5.69 Å². The smallest absolute Gasteiger partial charge is 0.338 e. The van der Waals surface area contributed by atoms with Crippen LogP contribution in [0.25, 0.3) is 0 Å². The second-order valence-electron chi connectivity index (χ2n) is 3.77. The fourth-order valence-corrected chi connectivity index (χ4v) is 1.77. The van der Waals surface area contributed by atoms with Crippen LogP contribution in [0.2, 0.25) is 0 Å². The van der Waals surface area contributed by atoms with Crippen LogP contribution in [0.4, 0.5) is 5.69 Å². The number of ether oxygens (including phenoxy) is 1. The van der Waals surface area contributed by atoms with Crippen LogP contribution in [-0.4, -0.2) is 17.5 Å². The van der Waals surface area contributed by atoms with Crippen LogP contribution in [0.5, 0.6) is 0 Å². The summed E-state index contributed by atoms with van der Waals surface area (Å²) in [7, 11) is 0. The second kappa shape index (κ2) is 7.10. The molecule has 0 bridgehead atoms. The van der Waals surface area contributed by atoms with Gasteiger partial charge in [-0.25, -0.2) is 4.79 Å². The first-order valence-corrected chi connectivity index (χ1v) is 6.46. The van der Waals surface area contributed by atoms with Crippen molar-refractivity contribution in [2.45, 2.75) is 26.2 Å². The van der Waals surface area contributed by atoms with Gasteiger partial charge in [-0.1, -0.05) is 19.8 Å². The molecule has 0 spiro atoms. The first-order chi connectivity index (χ1) is 8.56. The van der Waals surface area contributed by atoms with Crippen molar-refractivity contribution < 1.29 is 14.5 Å². The number of nitro benzene ring substituents is 1. The number of hydrogen-bond acceptors (Lipinski definition) is 4. The zero-order chi connectivity index (χ0) is 13.5. The van der Waals surface area contributed by atoms with Crippen LogP contribution in [0.15, 0.2) is 22.7 Å². The van der Waals surface area contributed by atoms with Gasteiger partial charge in [0.1, 0.15) is 0 Å². The molecule has 0 unspecified atom stereocenters. The van der Waals surface area contributed by atoms with E-state index in [9.17, 15) is 14.9 Å². The SMILES string of the molecule is CCCCCOC(=O)c1ccc(Br)c([N+](=O)[O-])c1. The number of unbranched alkanes of at least 4 members (excludes halogenated alkanes) is 2. The highest BCUT2D eigenvalue weighted by Crippen LogP contribution is 2.25. The average molecular weight is 316 g/mol. The number of hydrogen-bond donors (Lipinski definition) is 0. The van der Waals surface area contributed by atoms with E-state index in [4.69, 9.17) is 4.74 Å². The molecule has 0 amide bonds. The van der Waals surface area contributed by atoms with Gasteiger partial charge in [0.15, 0.2) is 0 Å². The minimum atomic E-state index is -0.544. The van der Waals surface area contributed by atoms with Crippen LogP contribution in [0, 0.1) is 10.1 Å². The summed E-state index contributed by atoms with van der Waals surface area (Å²) in [5.74, 6) is -0.526. The molecule has 0 aromatic heterocycles. The van der Waals surface area contributed by atoms with E-state index in [-0.39, 0.29) is 11.3 Å².